The summed E-state index contributed by atoms with van der Waals surface area (Å²) in [5, 5.41) is 3.38. The third-order valence-corrected chi connectivity index (χ3v) is 6.53. The van der Waals surface area contributed by atoms with E-state index in [0.29, 0.717) is 34.2 Å². The van der Waals surface area contributed by atoms with Crippen molar-refractivity contribution in [1.29, 1.82) is 0 Å². The average Bonchev–Trinajstić information content (AvgIpc) is 3.15. The first kappa shape index (κ1) is 22.8. The molecule has 0 spiro atoms. The normalized spacial score (nSPS) is 14.3. The standard InChI is InChI=1S/C26H28FN7O/c1-32(21-5-3-4-19(28)16-21)26-30-15-12-22(31-26)24-23(17-6-8-18(27)9-7-17)25(35)33(2)34(24)20-10-13-29-14-11-20/h3-9,12,15-16,20,29H,10-11,13-14,28H2,1-2H3. The Hall–Kier alpha value is -3.98. The molecule has 3 heterocycles. The summed E-state index contributed by atoms with van der Waals surface area (Å²) < 4.78 is 17.4. The number of nitrogen functional groups attached to an aromatic ring is 1. The molecule has 5 rings (SSSR count). The predicted molar refractivity (Wildman–Crippen MR) is 136 cm³/mol. The van der Waals surface area contributed by atoms with E-state index in [4.69, 9.17) is 10.7 Å². The molecule has 3 N–H and O–H groups in total. The van der Waals surface area contributed by atoms with E-state index in [-0.39, 0.29) is 17.4 Å². The van der Waals surface area contributed by atoms with E-state index in [1.54, 1.807) is 30.1 Å². The van der Waals surface area contributed by atoms with Crippen molar-refractivity contribution in [2.75, 3.05) is 30.8 Å². The number of hydrogen-bond donors (Lipinski definition) is 2. The van der Waals surface area contributed by atoms with Gasteiger partial charge in [0.25, 0.3) is 5.56 Å². The van der Waals surface area contributed by atoms with E-state index >= 15 is 0 Å². The lowest BCUT2D eigenvalue weighted by Gasteiger charge is -2.27. The number of rotatable bonds is 5. The molecule has 1 saturated heterocycles. The van der Waals surface area contributed by atoms with Crippen LogP contribution < -0.4 is 21.5 Å². The Morgan fingerprint density at radius 3 is 2.57 bits per heavy atom. The van der Waals surface area contributed by atoms with Crippen molar-refractivity contribution in [2.45, 2.75) is 18.9 Å². The van der Waals surface area contributed by atoms with Gasteiger partial charge in [0.2, 0.25) is 5.95 Å². The fraction of sp³-hybridized carbons (Fsp3) is 0.269. The lowest BCUT2D eigenvalue weighted by Crippen LogP contribution is -2.33. The van der Waals surface area contributed by atoms with Gasteiger partial charge in [0, 0.05) is 31.7 Å². The van der Waals surface area contributed by atoms with Crippen LogP contribution in [0.2, 0.25) is 0 Å². The van der Waals surface area contributed by atoms with Crippen molar-refractivity contribution < 1.29 is 4.39 Å². The van der Waals surface area contributed by atoms with Crippen molar-refractivity contribution in [3.63, 3.8) is 0 Å². The van der Waals surface area contributed by atoms with Crippen LogP contribution in [0.4, 0.5) is 21.7 Å². The van der Waals surface area contributed by atoms with Crippen LogP contribution >= 0.6 is 0 Å². The molecule has 1 aliphatic rings. The van der Waals surface area contributed by atoms with Crippen LogP contribution in [0.1, 0.15) is 18.9 Å². The number of anilines is 3. The fourth-order valence-electron chi connectivity index (χ4n) is 4.72. The van der Waals surface area contributed by atoms with Gasteiger partial charge in [0.05, 0.1) is 23.0 Å². The van der Waals surface area contributed by atoms with Crippen molar-refractivity contribution in [1.82, 2.24) is 24.6 Å². The topological polar surface area (TPSA) is 94.0 Å². The highest BCUT2D eigenvalue weighted by molar-refractivity contribution is 5.80. The molecule has 1 aliphatic heterocycles. The van der Waals surface area contributed by atoms with Crippen molar-refractivity contribution in [3.05, 3.63) is 77.0 Å². The zero-order valence-corrected chi connectivity index (χ0v) is 19.8. The number of hydrogen-bond acceptors (Lipinski definition) is 6. The first-order valence-corrected chi connectivity index (χ1v) is 11.6. The highest BCUT2D eigenvalue weighted by Gasteiger charge is 2.28. The smallest absolute Gasteiger partial charge is 0.274 e. The Morgan fingerprint density at radius 1 is 1.11 bits per heavy atom. The van der Waals surface area contributed by atoms with Crippen molar-refractivity contribution in [3.8, 4) is 22.5 Å². The number of halogens is 1. The highest BCUT2D eigenvalue weighted by Crippen LogP contribution is 2.34. The second kappa shape index (κ2) is 9.34. The predicted octanol–water partition coefficient (Wildman–Crippen LogP) is 3.72. The van der Waals surface area contributed by atoms with Crippen LogP contribution in [0.5, 0.6) is 0 Å². The number of nitrogens with one attached hydrogen (secondary N) is 1. The first-order chi connectivity index (χ1) is 16.9. The third-order valence-electron chi connectivity index (χ3n) is 6.53. The van der Waals surface area contributed by atoms with E-state index in [9.17, 15) is 9.18 Å². The van der Waals surface area contributed by atoms with E-state index < -0.39 is 0 Å². The van der Waals surface area contributed by atoms with E-state index in [1.807, 2.05) is 42.3 Å². The van der Waals surface area contributed by atoms with Gasteiger partial charge in [-0.2, -0.15) is 0 Å². The number of nitrogens with zero attached hydrogens (tertiary/aromatic N) is 5. The second-order valence-corrected chi connectivity index (χ2v) is 8.78. The zero-order chi connectivity index (χ0) is 24.5. The van der Waals surface area contributed by atoms with Crippen molar-refractivity contribution >= 4 is 17.3 Å². The summed E-state index contributed by atoms with van der Waals surface area (Å²) in [6.45, 7) is 1.74. The second-order valence-electron chi connectivity index (χ2n) is 8.78. The van der Waals surface area contributed by atoms with Crippen molar-refractivity contribution in [2.24, 2.45) is 7.05 Å². The summed E-state index contributed by atoms with van der Waals surface area (Å²) in [5.74, 6) is 0.129. The van der Waals surface area contributed by atoms with Gasteiger partial charge in [0.15, 0.2) is 0 Å². The molecule has 0 saturated carbocycles. The van der Waals surface area contributed by atoms with Gasteiger partial charge in [-0.3, -0.25) is 14.2 Å². The number of piperidine rings is 1. The largest absolute Gasteiger partial charge is 0.399 e. The van der Waals surface area contributed by atoms with Gasteiger partial charge < -0.3 is 16.0 Å². The van der Waals surface area contributed by atoms with Crippen LogP contribution in [0, 0.1) is 5.82 Å². The molecule has 0 aliphatic carbocycles. The maximum absolute atomic E-state index is 13.7. The lowest BCUT2D eigenvalue weighted by molar-refractivity contribution is 0.313. The Morgan fingerprint density at radius 2 is 1.86 bits per heavy atom. The van der Waals surface area contributed by atoms with Crippen LogP contribution in [0.15, 0.2) is 65.6 Å². The molecular formula is C26H28FN7O. The number of benzene rings is 2. The fourth-order valence-corrected chi connectivity index (χ4v) is 4.72. The molecule has 35 heavy (non-hydrogen) atoms. The van der Waals surface area contributed by atoms with Gasteiger partial charge in [-0.15, -0.1) is 0 Å². The summed E-state index contributed by atoms with van der Waals surface area (Å²) in [4.78, 5) is 24.8. The maximum Gasteiger partial charge on any atom is 0.274 e. The molecule has 0 atom stereocenters. The Kier molecular flexibility index (Phi) is 6.08. The summed E-state index contributed by atoms with van der Waals surface area (Å²) in [6.07, 6.45) is 3.47. The lowest BCUT2D eigenvalue weighted by atomic mass is 10.0. The summed E-state index contributed by atoms with van der Waals surface area (Å²) in [5.41, 5.74) is 9.81. The summed E-state index contributed by atoms with van der Waals surface area (Å²) >= 11 is 0. The molecule has 4 aromatic rings. The minimum absolute atomic E-state index is 0.128. The Bertz CT molecular complexity index is 1400. The third kappa shape index (κ3) is 4.30. The van der Waals surface area contributed by atoms with Crippen LogP contribution in [0.25, 0.3) is 22.5 Å². The van der Waals surface area contributed by atoms with Gasteiger partial charge in [-0.05, 0) is 67.9 Å². The van der Waals surface area contributed by atoms with Gasteiger partial charge >= 0.3 is 0 Å². The molecule has 0 unspecified atom stereocenters. The molecule has 1 fully saturated rings. The monoisotopic (exact) mass is 473 g/mol. The molecule has 2 aromatic heterocycles. The van der Waals surface area contributed by atoms with Crippen LogP contribution in [-0.2, 0) is 7.05 Å². The quantitative estimate of drug-likeness (QED) is 0.429. The van der Waals surface area contributed by atoms with E-state index in [2.05, 4.69) is 15.0 Å². The first-order valence-electron chi connectivity index (χ1n) is 11.6. The molecule has 0 amide bonds. The zero-order valence-electron chi connectivity index (χ0n) is 19.8. The minimum atomic E-state index is -0.349. The Labute approximate surface area is 202 Å². The van der Waals surface area contributed by atoms with Crippen LogP contribution in [0.3, 0.4) is 0 Å². The van der Waals surface area contributed by atoms with Crippen LogP contribution in [-0.4, -0.2) is 39.5 Å². The molecule has 0 bridgehead atoms. The number of aromatic nitrogens is 4. The minimum Gasteiger partial charge on any atom is -0.399 e. The molecule has 2 aromatic carbocycles. The number of nitrogens with two attached hydrogens (primary N) is 1. The Balaban J connectivity index is 1.70. The maximum atomic E-state index is 13.7. The summed E-state index contributed by atoms with van der Waals surface area (Å²) in [7, 11) is 3.65. The molecular weight excluding hydrogens is 445 g/mol. The van der Waals surface area contributed by atoms with Gasteiger partial charge in [-0.25, -0.2) is 14.4 Å². The molecule has 180 valence electrons. The van der Waals surface area contributed by atoms with Gasteiger partial charge in [0.1, 0.15) is 5.82 Å². The SMILES string of the molecule is CN(c1cccc(N)c1)c1nccc(-c2c(-c3ccc(F)cc3)c(=O)n(C)n2C2CCNCC2)n1. The highest BCUT2D eigenvalue weighted by atomic mass is 19.1. The van der Waals surface area contributed by atoms with E-state index in [1.165, 1.54) is 12.1 Å². The van der Waals surface area contributed by atoms with Gasteiger partial charge in [-0.1, -0.05) is 18.2 Å². The molecule has 8 nitrogen and oxygen atoms in total. The molecule has 0 radical (unpaired) electrons. The summed E-state index contributed by atoms with van der Waals surface area (Å²) in [6, 6.07) is 15.5. The average molecular weight is 474 g/mol. The molecule has 9 heteroatoms. The van der Waals surface area contributed by atoms with E-state index in [0.717, 1.165) is 31.6 Å².